The van der Waals surface area contributed by atoms with Crippen molar-refractivity contribution in [1.29, 1.82) is 0 Å². The van der Waals surface area contributed by atoms with E-state index in [4.69, 9.17) is 4.42 Å². The highest BCUT2D eigenvalue weighted by atomic mass is 16.3. The van der Waals surface area contributed by atoms with Gasteiger partial charge in [-0.25, -0.2) is 0 Å². The summed E-state index contributed by atoms with van der Waals surface area (Å²) in [7, 11) is 0. The average molecular weight is 275 g/mol. The van der Waals surface area contributed by atoms with Crippen LogP contribution in [0.25, 0.3) is 0 Å². The molecule has 0 aliphatic heterocycles. The third-order valence-corrected chi connectivity index (χ3v) is 3.27. The van der Waals surface area contributed by atoms with Crippen molar-refractivity contribution < 1.29 is 14.6 Å². The maximum absolute atomic E-state index is 10.1. The maximum Gasteiger partial charge on any atom is 0.117 e. The van der Waals surface area contributed by atoms with E-state index in [1.165, 1.54) is 0 Å². The van der Waals surface area contributed by atoms with Crippen molar-refractivity contribution in [1.82, 2.24) is 5.32 Å². The lowest BCUT2D eigenvalue weighted by Crippen LogP contribution is -2.33. The first-order valence-electron chi connectivity index (χ1n) is 6.81. The van der Waals surface area contributed by atoms with Gasteiger partial charge in [-0.1, -0.05) is 30.3 Å². The summed E-state index contributed by atoms with van der Waals surface area (Å²) in [6.07, 6.45) is -0.126. The van der Waals surface area contributed by atoms with E-state index in [9.17, 15) is 10.2 Å². The van der Waals surface area contributed by atoms with Crippen molar-refractivity contribution >= 4 is 0 Å². The normalized spacial score (nSPS) is 14.2. The predicted octanol–water partition coefficient (Wildman–Crippen LogP) is 2.16. The van der Waals surface area contributed by atoms with Crippen molar-refractivity contribution in [3.63, 3.8) is 0 Å². The van der Waals surface area contributed by atoms with E-state index in [-0.39, 0.29) is 12.6 Å². The molecule has 0 bridgehead atoms. The second-order valence-electron chi connectivity index (χ2n) is 4.93. The zero-order chi connectivity index (χ0) is 14.4. The Bertz CT molecular complexity index is 509. The van der Waals surface area contributed by atoms with Crippen LogP contribution in [0.1, 0.15) is 29.6 Å². The maximum atomic E-state index is 10.1. The highest BCUT2D eigenvalue weighted by Gasteiger charge is 2.15. The molecule has 0 unspecified atom stereocenters. The number of aryl methyl sites for hydroxylation is 1. The van der Waals surface area contributed by atoms with E-state index < -0.39 is 6.10 Å². The molecule has 108 valence electrons. The van der Waals surface area contributed by atoms with Gasteiger partial charge in [0.15, 0.2) is 0 Å². The van der Waals surface area contributed by atoms with Crippen LogP contribution in [0.4, 0.5) is 0 Å². The van der Waals surface area contributed by atoms with Gasteiger partial charge in [-0.2, -0.15) is 0 Å². The van der Waals surface area contributed by atoms with E-state index in [2.05, 4.69) is 5.32 Å². The molecule has 0 saturated carbocycles. The second-order valence-corrected chi connectivity index (χ2v) is 4.93. The molecule has 0 aliphatic rings. The Morgan fingerprint density at radius 3 is 2.50 bits per heavy atom. The van der Waals surface area contributed by atoms with Crippen LogP contribution in [0, 0.1) is 6.92 Å². The first kappa shape index (κ1) is 14.8. The predicted molar refractivity (Wildman–Crippen MR) is 77.2 cm³/mol. The Kier molecular flexibility index (Phi) is 5.35. The molecule has 4 heteroatoms. The van der Waals surface area contributed by atoms with Gasteiger partial charge < -0.3 is 19.9 Å². The molecule has 0 amide bonds. The quantitative estimate of drug-likeness (QED) is 0.724. The van der Waals surface area contributed by atoms with E-state index in [1.54, 1.807) is 0 Å². The fraction of sp³-hybridized carbons (Fsp3) is 0.375. The number of aliphatic hydroxyl groups excluding tert-OH is 2. The van der Waals surface area contributed by atoms with E-state index in [0.29, 0.717) is 13.0 Å². The zero-order valence-corrected chi connectivity index (χ0v) is 11.6. The topological polar surface area (TPSA) is 65.6 Å². The summed E-state index contributed by atoms with van der Waals surface area (Å²) in [6.45, 7) is 2.41. The molecule has 0 radical (unpaired) electrons. The molecule has 1 aromatic carbocycles. The molecule has 20 heavy (non-hydrogen) atoms. The first-order chi connectivity index (χ1) is 9.69. The third kappa shape index (κ3) is 4.20. The summed E-state index contributed by atoms with van der Waals surface area (Å²) in [5.41, 5.74) is 0.863. The third-order valence-electron chi connectivity index (χ3n) is 3.27. The van der Waals surface area contributed by atoms with Crippen LogP contribution < -0.4 is 5.32 Å². The number of aliphatic hydroxyl groups is 2. The number of rotatable bonds is 7. The largest absolute Gasteiger partial charge is 0.465 e. The Balaban J connectivity index is 1.85. The summed E-state index contributed by atoms with van der Waals surface area (Å²) in [5.74, 6) is 1.70. The summed E-state index contributed by atoms with van der Waals surface area (Å²) in [6, 6.07) is 13.1. The van der Waals surface area contributed by atoms with E-state index >= 15 is 0 Å². The highest BCUT2D eigenvalue weighted by Crippen LogP contribution is 2.18. The molecule has 0 spiro atoms. The molecule has 4 nitrogen and oxygen atoms in total. The van der Waals surface area contributed by atoms with Crippen LogP contribution in [0.5, 0.6) is 0 Å². The Morgan fingerprint density at radius 2 is 1.90 bits per heavy atom. The molecule has 2 rings (SSSR count). The van der Waals surface area contributed by atoms with Gasteiger partial charge in [-0.05, 0) is 31.0 Å². The summed E-state index contributed by atoms with van der Waals surface area (Å²) >= 11 is 0. The second kappa shape index (κ2) is 7.24. The minimum atomic E-state index is -0.584. The van der Waals surface area contributed by atoms with Crippen LogP contribution in [-0.4, -0.2) is 22.9 Å². The van der Waals surface area contributed by atoms with Crippen LogP contribution in [0.15, 0.2) is 46.9 Å². The number of furan rings is 1. The van der Waals surface area contributed by atoms with Gasteiger partial charge in [0.05, 0.1) is 19.3 Å². The molecule has 2 aromatic rings. The summed E-state index contributed by atoms with van der Waals surface area (Å²) < 4.78 is 5.46. The summed E-state index contributed by atoms with van der Waals surface area (Å²) in [4.78, 5) is 0. The van der Waals surface area contributed by atoms with E-state index in [1.807, 2.05) is 49.4 Å². The average Bonchev–Trinajstić information content (AvgIpc) is 2.89. The highest BCUT2D eigenvalue weighted by molar-refractivity contribution is 5.17. The monoisotopic (exact) mass is 275 g/mol. The van der Waals surface area contributed by atoms with Crippen LogP contribution in [0.3, 0.4) is 0 Å². The molecule has 1 aromatic heterocycles. The molecule has 0 saturated heterocycles. The van der Waals surface area contributed by atoms with Gasteiger partial charge in [0.25, 0.3) is 0 Å². The molecule has 0 aliphatic carbocycles. The van der Waals surface area contributed by atoms with Crippen molar-refractivity contribution in [2.24, 2.45) is 0 Å². The van der Waals surface area contributed by atoms with Gasteiger partial charge in [-0.15, -0.1) is 0 Å². The number of hydrogen-bond acceptors (Lipinski definition) is 4. The van der Waals surface area contributed by atoms with Crippen LogP contribution in [0.2, 0.25) is 0 Å². The smallest absolute Gasteiger partial charge is 0.117 e. The fourth-order valence-corrected chi connectivity index (χ4v) is 2.13. The van der Waals surface area contributed by atoms with Crippen molar-refractivity contribution in [2.75, 3.05) is 6.61 Å². The fourth-order valence-electron chi connectivity index (χ4n) is 2.13. The number of nitrogens with one attached hydrogen (secondary N) is 1. The Hall–Kier alpha value is -1.62. The van der Waals surface area contributed by atoms with Gasteiger partial charge in [0, 0.05) is 6.04 Å². The standard InChI is InChI=1S/C16H21NO3/c1-12-7-8-15(20-12)10-17-14(11-18)9-16(19)13-5-3-2-4-6-13/h2-8,14,16-19H,9-11H2,1H3/t14-,16-/m0/s1. The van der Waals surface area contributed by atoms with Crippen LogP contribution in [-0.2, 0) is 6.54 Å². The molecule has 1 heterocycles. The minimum Gasteiger partial charge on any atom is -0.465 e. The van der Waals surface area contributed by atoms with Gasteiger partial charge in [0.1, 0.15) is 11.5 Å². The van der Waals surface area contributed by atoms with Gasteiger partial charge in [0.2, 0.25) is 0 Å². The Labute approximate surface area is 119 Å². The number of hydrogen-bond donors (Lipinski definition) is 3. The van der Waals surface area contributed by atoms with Gasteiger partial charge in [-0.3, -0.25) is 0 Å². The minimum absolute atomic E-state index is 0.0242. The van der Waals surface area contributed by atoms with Crippen molar-refractivity contribution in [3.05, 3.63) is 59.5 Å². The first-order valence-corrected chi connectivity index (χ1v) is 6.81. The lowest BCUT2D eigenvalue weighted by atomic mass is 10.0. The lowest BCUT2D eigenvalue weighted by Gasteiger charge is -2.19. The molecule has 3 N–H and O–H groups in total. The van der Waals surface area contributed by atoms with E-state index in [0.717, 1.165) is 17.1 Å². The zero-order valence-electron chi connectivity index (χ0n) is 11.6. The van der Waals surface area contributed by atoms with Crippen molar-refractivity contribution in [3.8, 4) is 0 Å². The van der Waals surface area contributed by atoms with Crippen LogP contribution >= 0.6 is 0 Å². The molecule has 0 fully saturated rings. The Morgan fingerprint density at radius 1 is 1.15 bits per heavy atom. The molecule has 2 atom stereocenters. The van der Waals surface area contributed by atoms with Crippen molar-refractivity contribution in [2.45, 2.75) is 32.0 Å². The molecular weight excluding hydrogens is 254 g/mol. The molecular formula is C16H21NO3. The SMILES string of the molecule is Cc1ccc(CN[C@H](CO)C[C@H](O)c2ccccc2)o1. The summed E-state index contributed by atoms with van der Waals surface area (Å²) in [5, 5.41) is 22.7. The van der Waals surface area contributed by atoms with Gasteiger partial charge >= 0.3 is 0 Å². The lowest BCUT2D eigenvalue weighted by molar-refractivity contribution is 0.128. The number of benzene rings is 1.